The van der Waals surface area contributed by atoms with Crippen LogP contribution in [0, 0.1) is 5.92 Å². The summed E-state index contributed by atoms with van der Waals surface area (Å²) in [6.45, 7) is 4.82. The number of ether oxygens (including phenoxy) is 1. The van der Waals surface area contributed by atoms with Gasteiger partial charge in [0.2, 0.25) is 0 Å². The summed E-state index contributed by atoms with van der Waals surface area (Å²) in [5.41, 5.74) is -0.687. The van der Waals surface area contributed by atoms with Crippen LogP contribution in [-0.2, 0) is 9.53 Å². The maximum absolute atomic E-state index is 12.3. The summed E-state index contributed by atoms with van der Waals surface area (Å²) in [6.07, 6.45) is -5.44. The Morgan fingerprint density at radius 1 is 1.32 bits per heavy atom. The summed E-state index contributed by atoms with van der Waals surface area (Å²) in [5.74, 6) is -2.71. The minimum absolute atomic E-state index is 0.0220. The third kappa shape index (κ3) is 5.36. The zero-order valence-corrected chi connectivity index (χ0v) is 12.7. The SMILES string of the molecule is CC(C)(C)OC(=O)N1CCC(NC(=O)C(F)(F)F)C(CO)C1. The molecule has 2 N–H and O–H groups in total. The van der Waals surface area contributed by atoms with Gasteiger partial charge in [-0.1, -0.05) is 0 Å². The molecule has 1 heterocycles. The van der Waals surface area contributed by atoms with Crippen molar-refractivity contribution >= 4 is 12.0 Å². The van der Waals surface area contributed by atoms with Gasteiger partial charge in [-0.3, -0.25) is 4.79 Å². The Morgan fingerprint density at radius 2 is 1.91 bits per heavy atom. The number of nitrogens with zero attached hydrogens (tertiary/aromatic N) is 1. The van der Waals surface area contributed by atoms with Gasteiger partial charge in [-0.15, -0.1) is 0 Å². The quantitative estimate of drug-likeness (QED) is 0.801. The Bertz CT molecular complexity index is 420. The van der Waals surface area contributed by atoms with Crippen LogP contribution >= 0.6 is 0 Å². The second-order valence-electron chi connectivity index (χ2n) is 6.24. The van der Waals surface area contributed by atoms with Crippen LogP contribution < -0.4 is 5.32 Å². The van der Waals surface area contributed by atoms with E-state index in [1.165, 1.54) is 4.90 Å². The lowest BCUT2D eigenvalue weighted by Gasteiger charge is -2.38. The first kappa shape index (κ1) is 18.5. The molecule has 2 unspecified atom stereocenters. The van der Waals surface area contributed by atoms with Crippen LogP contribution in [0.4, 0.5) is 18.0 Å². The number of piperidine rings is 1. The van der Waals surface area contributed by atoms with Crippen LogP contribution in [0.1, 0.15) is 27.2 Å². The normalized spacial score (nSPS) is 23.1. The van der Waals surface area contributed by atoms with E-state index in [0.29, 0.717) is 0 Å². The molecule has 0 aromatic carbocycles. The lowest BCUT2D eigenvalue weighted by atomic mass is 9.93. The first-order chi connectivity index (χ1) is 9.94. The molecule has 0 aromatic heterocycles. The van der Waals surface area contributed by atoms with Crippen molar-refractivity contribution in [2.24, 2.45) is 5.92 Å². The Labute approximate surface area is 126 Å². The minimum Gasteiger partial charge on any atom is -0.444 e. The van der Waals surface area contributed by atoms with Crippen molar-refractivity contribution in [3.63, 3.8) is 0 Å². The fourth-order valence-corrected chi connectivity index (χ4v) is 2.15. The number of carbonyl (C=O) groups is 2. The molecule has 1 aliphatic heterocycles. The number of hydrogen-bond acceptors (Lipinski definition) is 4. The van der Waals surface area contributed by atoms with Gasteiger partial charge in [-0.25, -0.2) is 4.79 Å². The molecular weight excluding hydrogens is 305 g/mol. The number of hydrogen-bond donors (Lipinski definition) is 2. The third-order valence-electron chi connectivity index (χ3n) is 3.19. The van der Waals surface area contributed by atoms with E-state index in [-0.39, 0.29) is 19.5 Å². The van der Waals surface area contributed by atoms with E-state index >= 15 is 0 Å². The minimum atomic E-state index is -4.97. The van der Waals surface area contributed by atoms with Crippen molar-refractivity contribution in [2.45, 2.75) is 45.0 Å². The Morgan fingerprint density at radius 3 is 2.36 bits per heavy atom. The predicted octanol–water partition coefficient (Wildman–Crippen LogP) is 1.28. The van der Waals surface area contributed by atoms with Gasteiger partial charge in [0.15, 0.2) is 0 Å². The van der Waals surface area contributed by atoms with Gasteiger partial charge < -0.3 is 20.1 Å². The van der Waals surface area contributed by atoms with Crippen LogP contribution in [0.25, 0.3) is 0 Å². The van der Waals surface area contributed by atoms with E-state index in [2.05, 4.69) is 0 Å². The highest BCUT2D eigenvalue weighted by atomic mass is 19.4. The molecule has 9 heteroatoms. The molecule has 0 radical (unpaired) electrons. The van der Waals surface area contributed by atoms with Crippen molar-refractivity contribution < 1.29 is 32.6 Å². The molecule has 1 fully saturated rings. The first-order valence-electron chi connectivity index (χ1n) is 6.90. The summed E-state index contributed by atoms with van der Waals surface area (Å²) < 4.78 is 42.0. The Hall–Kier alpha value is -1.51. The average molecular weight is 326 g/mol. The molecule has 22 heavy (non-hydrogen) atoms. The zero-order chi connectivity index (χ0) is 17.1. The van der Waals surface area contributed by atoms with Gasteiger partial charge in [0, 0.05) is 31.7 Å². The van der Waals surface area contributed by atoms with Crippen molar-refractivity contribution in [1.29, 1.82) is 0 Å². The van der Waals surface area contributed by atoms with E-state index in [0.717, 1.165) is 0 Å². The van der Waals surface area contributed by atoms with Gasteiger partial charge in [0.05, 0.1) is 0 Å². The Balaban J connectivity index is 2.64. The smallest absolute Gasteiger partial charge is 0.444 e. The second kappa shape index (κ2) is 6.72. The topological polar surface area (TPSA) is 78.9 Å². The lowest BCUT2D eigenvalue weighted by molar-refractivity contribution is -0.175. The predicted molar refractivity (Wildman–Crippen MR) is 71.0 cm³/mol. The maximum Gasteiger partial charge on any atom is 0.471 e. The van der Waals surface area contributed by atoms with Crippen LogP contribution in [0.15, 0.2) is 0 Å². The van der Waals surface area contributed by atoms with Crippen LogP contribution in [0.3, 0.4) is 0 Å². The van der Waals surface area contributed by atoms with Crippen LogP contribution in [0.2, 0.25) is 0 Å². The fraction of sp³-hybridized carbons (Fsp3) is 0.846. The molecule has 0 spiro atoms. The number of likely N-dealkylation sites (tertiary alicyclic amines) is 1. The standard InChI is InChI=1S/C13H21F3N2O4/c1-12(2,3)22-11(21)18-5-4-9(8(6-18)7-19)17-10(20)13(14,15)16/h8-9,19H,4-7H2,1-3H3,(H,17,20). The van der Waals surface area contributed by atoms with Crippen molar-refractivity contribution in [3.05, 3.63) is 0 Å². The average Bonchev–Trinajstić information content (AvgIpc) is 2.35. The number of halogens is 3. The summed E-state index contributed by atoms with van der Waals surface area (Å²) in [6, 6.07) is -0.835. The van der Waals surface area contributed by atoms with Gasteiger partial charge in [0.25, 0.3) is 0 Å². The van der Waals surface area contributed by atoms with E-state index in [1.54, 1.807) is 20.8 Å². The molecule has 2 amide bonds. The van der Waals surface area contributed by atoms with Crippen molar-refractivity contribution in [1.82, 2.24) is 10.2 Å². The van der Waals surface area contributed by atoms with Gasteiger partial charge >= 0.3 is 18.2 Å². The fourth-order valence-electron chi connectivity index (χ4n) is 2.15. The maximum atomic E-state index is 12.3. The number of aliphatic hydroxyl groups excluding tert-OH is 1. The number of rotatable bonds is 2. The van der Waals surface area contributed by atoms with E-state index in [4.69, 9.17) is 4.74 Å². The molecule has 0 saturated carbocycles. The third-order valence-corrected chi connectivity index (χ3v) is 3.19. The highest BCUT2D eigenvalue weighted by molar-refractivity contribution is 5.82. The number of amides is 2. The molecule has 0 aromatic rings. The monoisotopic (exact) mass is 326 g/mol. The Kier molecular flexibility index (Phi) is 5.66. The molecule has 0 aliphatic carbocycles. The van der Waals surface area contributed by atoms with Gasteiger partial charge in [-0.05, 0) is 27.2 Å². The molecule has 128 valence electrons. The van der Waals surface area contributed by atoms with E-state index in [9.17, 15) is 27.9 Å². The van der Waals surface area contributed by atoms with Crippen LogP contribution in [-0.4, -0.2) is 59.5 Å². The molecule has 2 atom stereocenters. The van der Waals surface area contributed by atoms with E-state index < -0.39 is 42.3 Å². The zero-order valence-electron chi connectivity index (χ0n) is 12.7. The van der Waals surface area contributed by atoms with Crippen molar-refractivity contribution in [2.75, 3.05) is 19.7 Å². The lowest BCUT2D eigenvalue weighted by Crippen LogP contribution is -2.56. The molecule has 1 saturated heterocycles. The number of nitrogens with one attached hydrogen (secondary N) is 1. The summed E-state index contributed by atoms with van der Waals surface area (Å²) >= 11 is 0. The summed E-state index contributed by atoms with van der Waals surface area (Å²) in [5, 5.41) is 11.2. The summed E-state index contributed by atoms with van der Waals surface area (Å²) in [4.78, 5) is 24.2. The van der Waals surface area contributed by atoms with E-state index in [1.807, 2.05) is 5.32 Å². The number of aliphatic hydroxyl groups is 1. The molecule has 6 nitrogen and oxygen atoms in total. The molecular formula is C13H21F3N2O4. The number of alkyl halides is 3. The summed E-state index contributed by atoms with van der Waals surface area (Å²) in [7, 11) is 0. The van der Waals surface area contributed by atoms with Crippen molar-refractivity contribution in [3.8, 4) is 0 Å². The van der Waals surface area contributed by atoms with Crippen LogP contribution in [0.5, 0.6) is 0 Å². The first-order valence-corrected chi connectivity index (χ1v) is 6.90. The van der Waals surface area contributed by atoms with Gasteiger partial charge in [-0.2, -0.15) is 13.2 Å². The molecule has 1 rings (SSSR count). The largest absolute Gasteiger partial charge is 0.471 e. The highest BCUT2D eigenvalue weighted by Gasteiger charge is 2.42. The number of carbonyl (C=O) groups excluding carboxylic acids is 2. The van der Waals surface area contributed by atoms with Gasteiger partial charge in [0.1, 0.15) is 5.60 Å². The molecule has 0 bridgehead atoms. The highest BCUT2D eigenvalue weighted by Crippen LogP contribution is 2.22. The second-order valence-corrected chi connectivity index (χ2v) is 6.24. The molecule has 1 aliphatic rings.